The smallest absolute Gasteiger partial charge is 0.267 e. The van der Waals surface area contributed by atoms with Gasteiger partial charge in [-0.15, -0.1) is 0 Å². The van der Waals surface area contributed by atoms with Gasteiger partial charge in [-0.05, 0) is 70.6 Å². The summed E-state index contributed by atoms with van der Waals surface area (Å²) >= 11 is 0. The number of aliphatic hydroxyl groups excluding tert-OH is 2. The molecule has 3 atom stereocenters. The first-order valence-corrected chi connectivity index (χ1v) is 21.7. The van der Waals surface area contributed by atoms with E-state index in [9.17, 15) is 28.0 Å². The number of carbonyl (C=O) groups is 1. The van der Waals surface area contributed by atoms with E-state index in [4.69, 9.17) is 0 Å². The minimum atomic E-state index is -4.46. The van der Waals surface area contributed by atoms with Crippen LogP contribution in [0.3, 0.4) is 0 Å². The molecule has 0 bridgehead atoms. The number of amides is 1. The Morgan fingerprint density at radius 3 is 1.48 bits per heavy atom. The molecular formula is C42H75NO6S. The molecule has 4 N–H and O–H groups in total. The zero-order valence-corrected chi connectivity index (χ0v) is 32.7. The average Bonchev–Trinajstić information content (AvgIpc) is 3.08. The maximum absolute atomic E-state index is 12.6. The van der Waals surface area contributed by atoms with Crippen LogP contribution in [-0.4, -0.2) is 53.1 Å². The highest BCUT2D eigenvalue weighted by molar-refractivity contribution is 7.85. The molecule has 3 unspecified atom stereocenters. The molecule has 0 aliphatic carbocycles. The molecule has 0 aliphatic heterocycles. The number of rotatable bonds is 35. The van der Waals surface area contributed by atoms with Gasteiger partial charge in [-0.3, -0.25) is 9.35 Å². The van der Waals surface area contributed by atoms with E-state index < -0.39 is 40.0 Å². The van der Waals surface area contributed by atoms with Crippen molar-refractivity contribution < 1.29 is 28.0 Å². The van der Waals surface area contributed by atoms with Crippen LogP contribution >= 0.6 is 0 Å². The molecule has 0 radical (unpaired) electrons. The number of nitrogens with one attached hydrogen (secondary N) is 1. The first-order chi connectivity index (χ1) is 24.2. The Morgan fingerprint density at radius 1 is 0.560 bits per heavy atom. The van der Waals surface area contributed by atoms with Gasteiger partial charge in [0.15, 0.2) is 0 Å². The number of aliphatic hydroxyl groups is 2. The van der Waals surface area contributed by atoms with Crippen LogP contribution in [-0.2, 0) is 14.9 Å². The highest BCUT2D eigenvalue weighted by Gasteiger charge is 2.27. The van der Waals surface area contributed by atoms with Gasteiger partial charge in [0, 0.05) is 0 Å². The number of unbranched alkanes of at least 4 members (excludes halogenated alkanes) is 19. The second-order valence-electron chi connectivity index (χ2n) is 13.7. The highest BCUT2D eigenvalue weighted by atomic mass is 32.2. The molecular weight excluding hydrogens is 647 g/mol. The first kappa shape index (κ1) is 48.0. The van der Waals surface area contributed by atoms with E-state index in [1.165, 1.54) is 83.1 Å². The molecule has 0 saturated heterocycles. The van der Waals surface area contributed by atoms with E-state index in [-0.39, 0.29) is 6.42 Å². The van der Waals surface area contributed by atoms with Crippen molar-refractivity contribution in [2.75, 3.05) is 5.75 Å². The van der Waals surface area contributed by atoms with Crippen molar-refractivity contribution in [2.24, 2.45) is 0 Å². The standard InChI is InChI=1S/C42H75NO6S/c1-3-5-7-9-11-13-15-17-19-20-21-22-23-25-26-28-30-32-34-36-40(44)39(38-50(47,48)49)43-42(46)41(45)37-35-33-31-29-27-24-18-16-14-12-10-8-6-4-2/h12,14,16,18,21-22,26,28,34,36,39-41,44-45H,3-11,13,15,17,19-20,23-25,27,29-33,35,37-38H2,1-2H3,(H,43,46)(H,47,48,49)/b14-12-,18-16-,22-21+,28-26+,36-34+. The molecule has 7 nitrogen and oxygen atoms in total. The number of hydrogen-bond acceptors (Lipinski definition) is 5. The summed E-state index contributed by atoms with van der Waals surface area (Å²) in [5.41, 5.74) is 0. The van der Waals surface area contributed by atoms with Crippen molar-refractivity contribution in [3.05, 3.63) is 60.8 Å². The molecule has 50 heavy (non-hydrogen) atoms. The van der Waals surface area contributed by atoms with Gasteiger partial charge in [-0.1, -0.05) is 164 Å². The summed E-state index contributed by atoms with van der Waals surface area (Å²) in [6.07, 6.45) is 45.6. The molecule has 0 aromatic carbocycles. The molecule has 290 valence electrons. The molecule has 0 aliphatic rings. The lowest BCUT2D eigenvalue weighted by molar-refractivity contribution is -0.130. The van der Waals surface area contributed by atoms with Crippen molar-refractivity contribution in [3.63, 3.8) is 0 Å². The molecule has 0 spiro atoms. The molecule has 0 saturated carbocycles. The quantitative estimate of drug-likeness (QED) is 0.0223. The predicted molar refractivity (Wildman–Crippen MR) is 213 cm³/mol. The van der Waals surface area contributed by atoms with Gasteiger partial charge < -0.3 is 15.5 Å². The van der Waals surface area contributed by atoms with Crippen molar-refractivity contribution >= 4 is 16.0 Å². The molecule has 8 heteroatoms. The largest absolute Gasteiger partial charge is 0.387 e. The van der Waals surface area contributed by atoms with Gasteiger partial charge in [-0.2, -0.15) is 8.42 Å². The van der Waals surface area contributed by atoms with Gasteiger partial charge in [-0.25, -0.2) is 0 Å². The number of allylic oxidation sites excluding steroid dienone is 9. The highest BCUT2D eigenvalue weighted by Crippen LogP contribution is 2.12. The van der Waals surface area contributed by atoms with Crippen LogP contribution in [0.1, 0.15) is 174 Å². The Kier molecular flexibility index (Phi) is 34.0. The first-order valence-electron chi connectivity index (χ1n) is 20.1. The fourth-order valence-electron chi connectivity index (χ4n) is 5.65. The topological polar surface area (TPSA) is 124 Å². The van der Waals surface area contributed by atoms with Crippen LogP contribution in [0.15, 0.2) is 60.8 Å². The van der Waals surface area contributed by atoms with Crippen molar-refractivity contribution in [3.8, 4) is 0 Å². The molecule has 0 aromatic rings. The summed E-state index contributed by atoms with van der Waals surface area (Å²) in [5, 5.41) is 23.3. The Morgan fingerprint density at radius 2 is 0.960 bits per heavy atom. The zero-order valence-electron chi connectivity index (χ0n) is 31.9. The van der Waals surface area contributed by atoms with Gasteiger partial charge >= 0.3 is 0 Å². The third kappa shape index (κ3) is 34.4. The SMILES string of the molecule is CCCCC/C=C\C=C/CCCCCCCC(O)C(=O)NC(CS(=O)(=O)O)C(O)/C=C/CC/C=C/CC/C=C/CCCCCCCCCCC. The number of carbonyl (C=O) groups excluding carboxylic acids is 1. The third-order valence-electron chi connectivity index (χ3n) is 8.78. The lowest BCUT2D eigenvalue weighted by atomic mass is 10.1. The van der Waals surface area contributed by atoms with E-state index in [2.05, 4.69) is 67.8 Å². The van der Waals surface area contributed by atoms with E-state index in [0.29, 0.717) is 12.8 Å². The second-order valence-corrected chi connectivity index (χ2v) is 15.2. The zero-order chi connectivity index (χ0) is 37.0. The van der Waals surface area contributed by atoms with E-state index in [1.54, 1.807) is 6.08 Å². The van der Waals surface area contributed by atoms with E-state index in [0.717, 1.165) is 64.2 Å². The van der Waals surface area contributed by atoms with E-state index in [1.807, 2.05) is 0 Å². The summed E-state index contributed by atoms with van der Waals surface area (Å²) in [5.74, 6) is -1.59. The van der Waals surface area contributed by atoms with Crippen LogP contribution in [0.5, 0.6) is 0 Å². The van der Waals surface area contributed by atoms with Crippen LogP contribution in [0.25, 0.3) is 0 Å². The number of hydrogen-bond donors (Lipinski definition) is 4. The fraction of sp³-hybridized carbons (Fsp3) is 0.738. The summed E-state index contributed by atoms with van der Waals surface area (Å²) < 4.78 is 32.5. The van der Waals surface area contributed by atoms with Crippen molar-refractivity contribution in [2.45, 2.75) is 193 Å². The summed E-state index contributed by atoms with van der Waals surface area (Å²) in [7, 11) is -4.46. The van der Waals surface area contributed by atoms with Crippen molar-refractivity contribution in [1.29, 1.82) is 0 Å². The monoisotopic (exact) mass is 722 g/mol. The maximum atomic E-state index is 12.6. The molecule has 0 aromatic heterocycles. The Balaban J connectivity index is 4.18. The molecule has 0 fully saturated rings. The fourth-order valence-corrected chi connectivity index (χ4v) is 6.39. The molecule has 0 rings (SSSR count). The maximum Gasteiger partial charge on any atom is 0.267 e. The predicted octanol–water partition coefficient (Wildman–Crippen LogP) is 10.7. The van der Waals surface area contributed by atoms with Crippen LogP contribution < -0.4 is 5.32 Å². The summed E-state index contributed by atoms with van der Waals surface area (Å²) in [6, 6.07) is -1.26. The van der Waals surface area contributed by atoms with Crippen LogP contribution in [0.4, 0.5) is 0 Å². The van der Waals surface area contributed by atoms with Gasteiger partial charge in [0.2, 0.25) is 5.91 Å². The minimum Gasteiger partial charge on any atom is -0.387 e. The van der Waals surface area contributed by atoms with Crippen molar-refractivity contribution in [1.82, 2.24) is 5.32 Å². The van der Waals surface area contributed by atoms with Crippen LogP contribution in [0, 0.1) is 0 Å². The van der Waals surface area contributed by atoms with Gasteiger partial charge in [0.1, 0.15) is 6.10 Å². The second kappa shape index (κ2) is 35.4. The lowest BCUT2D eigenvalue weighted by Crippen LogP contribution is -2.50. The Hall–Kier alpha value is -2.00. The lowest BCUT2D eigenvalue weighted by Gasteiger charge is -2.22. The van der Waals surface area contributed by atoms with E-state index >= 15 is 0 Å². The Bertz CT molecular complexity index is 1030. The van der Waals surface area contributed by atoms with Crippen LogP contribution in [0.2, 0.25) is 0 Å². The Labute approximate surface area is 307 Å². The third-order valence-corrected chi connectivity index (χ3v) is 9.56. The van der Waals surface area contributed by atoms with Gasteiger partial charge in [0.05, 0.1) is 17.9 Å². The molecule has 0 heterocycles. The summed E-state index contributed by atoms with van der Waals surface area (Å²) in [4.78, 5) is 12.6. The normalized spacial score (nSPS) is 14.6. The summed E-state index contributed by atoms with van der Waals surface area (Å²) in [6.45, 7) is 4.47. The molecule has 1 amide bonds. The van der Waals surface area contributed by atoms with Gasteiger partial charge in [0.25, 0.3) is 10.1 Å². The minimum absolute atomic E-state index is 0.251. The average molecular weight is 722 g/mol.